The van der Waals surface area contributed by atoms with Gasteiger partial charge in [0.25, 0.3) is 0 Å². The van der Waals surface area contributed by atoms with Crippen molar-refractivity contribution < 1.29 is 5.11 Å². The van der Waals surface area contributed by atoms with E-state index in [1.165, 1.54) is 5.56 Å². The molecule has 0 unspecified atom stereocenters. The predicted molar refractivity (Wildman–Crippen MR) is 94.0 cm³/mol. The molecule has 0 aliphatic carbocycles. The van der Waals surface area contributed by atoms with E-state index in [1.54, 1.807) is 18.3 Å². The fraction of sp³-hybridized carbons (Fsp3) is 0.278. The van der Waals surface area contributed by atoms with Crippen molar-refractivity contribution in [3.05, 3.63) is 64.7 Å². The number of hydrogen-bond donors (Lipinski definition) is 1. The molecule has 0 bridgehead atoms. The molecule has 1 heterocycles. The number of nitrogens with zero attached hydrogens (tertiary/aromatic N) is 3. The second kappa shape index (κ2) is 7.49. The molecule has 0 amide bonds. The number of halogens is 1. The standard InChI is InChI=1S/C18H20ClN3O/c19-17-7-3-1-6-16(17)14-21-9-11-22(12-10-21)20-13-15-5-2-4-8-18(15)23/h1-8,13,23H,9-12,14H2/b20-13+. The van der Waals surface area contributed by atoms with E-state index in [9.17, 15) is 5.11 Å². The quantitative estimate of drug-likeness (QED) is 0.876. The van der Waals surface area contributed by atoms with Gasteiger partial charge in [0.05, 0.1) is 6.21 Å². The lowest BCUT2D eigenvalue weighted by Crippen LogP contribution is -2.43. The molecule has 2 aromatic rings. The highest BCUT2D eigenvalue weighted by atomic mass is 35.5. The van der Waals surface area contributed by atoms with Crippen LogP contribution in [0.5, 0.6) is 5.75 Å². The number of hydrazone groups is 1. The number of hydrogen-bond acceptors (Lipinski definition) is 4. The molecule has 2 aromatic carbocycles. The molecular weight excluding hydrogens is 310 g/mol. The Hall–Kier alpha value is -2.04. The van der Waals surface area contributed by atoms with Crippen LogP contribution in [0.1, 0.15) is 11.1 Å². The minimum absolute atomic E-state index is 0.258. The highest BCUT2D eigenvalue weighted by Gasteiger charge is 2.16. The van der Waals surface area contributed by atoms with Crippen molar-refractivity contribution in [3.8, 4) is 5.75 Å². The van der Waals surface area contributed by atoms with Gasteiger partial charge >= 0.3 is 0 Å². The molecule has 0 spiro atoms. The summed E-state index contributed by atoms with van der Waals surface area (Å²) in [6.45, 7) is 4.51. The van der Waals surface area contributed by atoms with E-state index in [4.69, 9.17) is 11.6 Å². The minimum Gasteiger partial charge on any atom is -0.507 e. The van der Waals surface area contributed by atoms with Gasteiger partial charge in [-0.25, -0.2) is 0 Å². The third-order valence-corrected chi connectivity index (χ3v) is 4.37. The highest BCUT2D eigenvalue weighted by Crippen LogP contribution is 2.18. The summed E-state index contributed by atoms with van der Waals surface area (Å²) in [6.07, 6.45) is 1.72. The zero-order chi connectivity index (χ0) is 16.1. The first-order valence-corrected chi connectivity index (χ1v) is 8.13. The van der Waals surface area contributed by atoms with Crippen LogP contribution in [0.15, 0.2) is 53.6 Å². The molecule has 4 nitrogen and oxygen atoms in total. The highest BCUT2D eigenvalue weighted by molar-refractivity contribution is 6.31. The van der Waals surface area contributed by atoms with Crippen molar-refractivity contribution in [1.82, 2.24) is 9.91 Å². The van der Waals surface area contributed by atoms with E-state index < -0.39 is 0 Å². The molecule has 120 valence electrons. The van der Waals surface area contributed by atoms with E-state index in [2.05, 4.69) is 16.1 Å². The van der Waals surface area contributed by atoms with Gasteiger partial charge in [0, 0.05) is 43.3 Å². The Kier molecular flexibility index (Phi) is 5.16. The van der Waals surface area contributed by atoms with Crippen LogP contribution in [0.4, 0.5) is 0 Å². The van der Waals surface area contributed by atoms with Crippen LogP contribution >= 0.6 is 11.6 Å². The Balaban J connectivity index is 1.53. The average Bonchev–Trinajstić information content (AvgIpc) is 2.57. The summed E-state index contributed by atoms with van der Waals surface area (Å²) in [5.41, 5.74) is 1.91. The number of rotatable bonds is 4. The van der Waals surface area contributed by atoms with Gasteiger partial charge < -0.3 is 5.11 Å². The molecular formula is C18H20ClN3O. The third kappa shape index (κ3) is 4.24. The van der Waals surface area contributed by atoms with Gasteiger partial charge in [0.1, 0.15) is 5.75 Å². The van der Waals surface area contributed by atoms with Crippen LogP contribution in [-0.2, 0) is 6.54 Å². The minimum atomic E-state index is 0.258. The molecule has 3 rings (SSSR count). The second-order valence-electron chi connectivity index (χ2n) is 5.62. The van der Waals surface area contributed by atoms with Crippen molar-refractivity contribution in [2.24, 2.45) is 5.10 Å². The topological polar surface area (TPSA) is 39.1 Å². The average molecular weight is 330 g/mol. The maximum Gasteiger partial charge on any atom is 0.124 e. The molecule has 0 atom stereocenters. The molecule has 5 heteroatoms. The lowest BCUT2D eigenvalue weighted by Gasteiger charge is -2.33. The first-order chi connectivity index (χ1) is 11.2. The zero-order valence-electron chi connectivity index (χ0n) is 12.9. The van der Waals surface area contributed by atoms with Crippen LogP contribution in [-0.4, -0.2) is 47.4 Å². The summed E-state index contributed by atoms with van der Waals surface area (Å²) in [4.78, 5) is 2.38. The van der Waals surface area contributed by atoms with E-state index in [0.717, 1.165) is 43.3 Å². The smallest absolute Gasteiger partial charge is 0.124 e. The summed E-state index contributed by atoms with van der Waals surface area (Å²) < 4.78 is 0. The van der Waals surface area contributed by atoms with Crippen LogP contribution in [0.2, 0.25) is 5.02 Å². The number of phenolic OH excluding ortho intramolecular Hbond substituents is 1. The molecule has 1 aliphatic rings. The van der Waals surface area contributed by atoms with Crippen molar-refractivity contribution in [1.29, 1.82) is 0 Å². The maximum atomic E-state index is 9.74. The van der Waals surface area contributed by atoms with Crippen molar-refractivity contribution in [3.63, 3.8) is 0 Å². The first kappa shape index (κ1) is 15.8. The molecule has 1 N–H and O–H groups in total. The zero-order valence-corrected chi connectivity index (χ0v) is 13.7. The fourth-order valence-corrected chi connectivity index (χ4v) is 2.81. The molecule has 1 saturated heterocycles. The molecule has 0 aromatic heterocycles. The van der Waals surface area contributed by atoms with Gasteiger partial charge in [0.2, 0.25) is 0 Å². The van der Waals surface area contributed by atoms with Gasteiger partial charge in [-0.1, -0.05) is 41.9 Å². The largest absolute Gasteiger partial charge is 0.507 e. The third-order valence-electron chi connectivity index (χ3n) is 4.00. The normalized spacial score (nSPS) is 16.1. The van der Waals surface area contributed by atoms with E-state index in [-0.39, 0.29) is 5.75 Å². The second-order valence-corrected chi connectivity index (χ2v) is 6.03. The molecule has 1 aliphatic heterocycles. The van der Waals surface area contributed by atoms with Gasteiger partial charge in [-0.2, -0.15) is 5.10 Å². The van der Waals surface area contributed by atoms with Crippen molar-refractivity contribution in [2.75, 3.05) is 26.2 Å². The van der Waals surface area contributed by atoms with E-state index in [0.29, 0.717) is 0 Å². The van der Waals surface area contributed by atoms with E-state index in [1.807, 2.05) is 35.3 Å². The molecule has 1 fully saturated rings. The SMILES string of the molecule is Oc1ccccc1/C=N/N1CCN(Cc2ccccc2Cl)CC1. The summed E-state index contributed by atoms with van der Waals surface area (Å²) in [5.74, 6) is 0.258. The summed E-state index contributed by atoms with van der Waals surface area (Å²) in [7, 11) is 0. The Labute approximate surface area is 141 Å². The van der Waals surface area contributed by atoms with Gasteiger partial charge in [0.15, 0.2) is 0 Å². The summed E-state index contributed by atoms with van der Waals surface area (Å²) >= 11 is 6.22. The number of phenols is 1. The lowest BCUT2D eigenvalue weighted by molar-refractivity contribution is 0.131. The van der Waals surface area contributed by atoms with Gasteiger partial charge in [-0.05, 0) is 23.8 Å². The van der Waals surface area contributed by atoms with Gasteiger partial charge in [-0.3, -0.25) is 9.91 Å². The Morgan fingerprint density at radius 1 is 1.00 bits per heavy atom. The molecule has 23 heavy (non-hydrogen) atoms. The number of aromatic hydroxyl groups is 1. The summed E-state index contributed by atoms with van der Waals surface area (Å²) in [5, 5.41) is 17.1. The Bertz CT molecular complexity index is 681. The first-order valence-electron chi connectivity index (χ1n) is 7.75. The Morgan fingerprint density at radius 3 is 2.43 bits per heavy atom. The fourth-order valence-electron chi connectivity index (χ4n) is 2.62. The van der Waals surface area contributed by atoms with Crippen LogP contribution in [0.25, 0.3) is 0 Å². The lowest BCUT2D eigenvalue weighted by atomic mass is 10.2. The monoisotopic (exact) mass is 329 g/mol. The molecule has 0 saturated carbocycles. The molecule has 0 radical (unpaired) electrons. The summed E-state index contributed by atoms with van der Waals surface area (Å²) in [6, 6.07) is 15.2. The van der Waals surface area contributed by atoms with Crippen LogP contribution in [0, 0.1) is 0 Å². The number of piperazine rings is 1. The Morgan fingerprint density at radius 2 is 1.70 bits per heavy atom. The van der Waals surface area contributed by atoms with E-state index >= 15 is 0 Å². The maximum absolute atomic E-state index is 9.74. The number of para-hydroxylation sites is 1. The van der Waals surface area contributed by atoms with Crippen LogP contribution in [0.3, 0.4) is 0 Å². The van der Waals surface area contributed by atoms with Crippen molar-refractivity contribution >= 4 is 17.8 Å². The van der Waals surface area contributed by atoms with Crippen molar-refractivity contribution in [2.45, 2.75) is 6.54 Å². The van der Waals surface area contributed by atoms with Crippen LogP contribution < -0.4 is 0 Å². The van der Waals surface area contributed by atoms with Gasteiger partial charge in [-0.15, -0.1) is 0 Å². The predicted octanol–water partition coefficient (Wildman–Crippen LogP) is 3.20. The number of benzene rings is 2.